The third-order valence-electron chi connectivity index (χ3n) is 3.74. The van der Waals surface area contributed by atoms with E-state index in [2.05, 4.69) is 29.8 Å². The van der Waals surface area contributed by atoms with Crippen molar-refractivity contribution in [3.8, 4) is 0 Å². The summed E-state index contributed by atoms with van der Waals surface area (Å²) in [5.41, 5.74) is 0. The van der Waals surface area contributed by atoms with Gasteiger partial charge in [-0.2, -0.15) is 0 Å². The van der Waals surface area contributed by atoms with Gasteiger partial charge in [0.05, 0.1) is 0 Å². The summed E-state index contributed by atoms with van der Waals surface area (Å²) in [6.07, 6.45) is 19.9. The molecule has 0 aliphatic rings. The Kier molecular flexibility index (Phi) is 16.0. The molecule has 0 bridgehead atoms. The average Bonchev–Trinajstić information content (AvgIpc) is 2.38. The van der Waals surface area contributed by atoms with E-state index in [0.29, 0.717) is 0 Å². The quantitative estimate of drug-likeness (QED) is 0.233. The van der Waals surface area contributed by atoms with Crippen LogP contribution in [0, 0.1) is 0 Å². The highest BCUT2D eigenvalue weighted by molar-refractivity contribution is 9.09. The number of alkyl halides is 1. The van der Waals surface area contributed by atoms with Crippen LogP contribution in [0.4, 0.5) is 0 Å². The van der Waals surface area contributed by atoms with Crippen molar-refractivity contribution in [2.45, 2.75) is 109 Å². The summed E-state index contributed by atoms with van der Waals surface area (Å²) in [4.78, 5) is 0.787. The fourth-order valence-electron chi connectivity index (χ4n) is 2.44. The molecule has 0 radical (unpaired) electrons. The maximum absolute atomic E-state index is 3.84. The van der Waals surface area contributed by atoms with Gasteiger partial charge in [-0.05, 0) is 12.8 Å². The monoisotopic (exact) mass is 318 g/mol. The average molecular weight is 319 g/mol. The van der Waals surface area contributed by atoms with Gasteiger partial charge in [0.25, 0.3) is 0 Å². The van der Waals surface area contributed by atoms with Crippen LogP contribution in [0.25, 0.3) is 0 Å². The van der Waals surface area contributed by atoms with Crippen molar-refractivity contribution in [3.63, 3.8) is 0 Å². The Balaban J connectivity index is 3.10. The van der Waals surface area contributed by atoms with E-state index in [1.807, 2.05) is 0 Å². The summed E-state index contributed by atoms with van der Waals surface area (Å²) < 4.78 is 0. The number of rotatable bonds is 14. The lowest BCUT2D eigenvalue weighted by Gasteiger charge is -2.09. The summed E-state index contributed by atoms with van der Waals surface area (Å²) >= 11 is 3.84. The lowest BCUT2D eigenvalue weighted by molar-refractivity contribution is 0.545. The molecule has 18 heavy (non-hydrogen) atoms. The highest BCUT2D eigenvalue weighted by Crippen LogP contribution is 2.19. The Labute approximate surface area is 124 Å². The zero-order chi connectivity index (χ0) is 13.5. The van der Waals surface area contributed by atoms with Gasteiger partial charge in [0.15, 0.2) is 0 Å². The van der Waals surface area contributed by atoms with E-state index in [1.165, 1.54) is 89.9 Å². The van der Waals surface area contributed by atoms with Crippen molar-refractivity contribution in [2.24, 2.45) is 0 Å². The van der Waals surface area contributed by atoms with Gasteiger partial charge in [-0.3, -0.25) is 0 Å². The van der Waals surface area contributed by atoms with Crippen LogP contribution < -0.4 is 0 Å². The van der Waals surface area contributed by atoms with Gasteiger partial charge < -0.3 is 0 Å². The molecular weight excluding hydrogens is 284 g/mol. The summed E-state index contributed by atoms with van der Waals surface area (Å²) in [6.45, 7) is 4.57. The van der Waals surface area contributed by atoms with Crippen molar-refractivity contribution in [1.82, 2.24) is 0 Å². The van der Waals surface area contributed by atoms with Crippen LogP contribution in [0.15, 0.2) is 0 Å². The standard InChI is InChI=1S/C17H35Br/c1-3-5-7-9-11-13-15-17(18)16-14-12-10-8-6-4-2/h17H,3-16H2,1-2H3. The molecule has 0 aliphatic heterocycles. The third kappa shape index (κ3) is 14.5. The van der Waals surface area contributed by atoms with Gasteiger partial charge in [-0.1, -0.05) is 107 Å². The van der Waals surface area contributed by atoms with E-state index in [0.717, 1.165) is 4.83 Å². The molecule has 0 aromatic rings. The van der Waals surface area contributed by atoms with Gasteiger partial charge in [0.2, 0.25) is 0 Å². The van der Waals surface area contributed by atoms with Crippen LogP contribution in [0.3, 0.4) is 0 Å². The molecule has 0 fully saturated rings. The molecule has 0 aromatic heterocycles. The van der Waals surface area contributed by atoms with Crippen LogP contribution in [0.2, 0.25) is 0 Å². The van der Waals surface area contributed by atoms with Crippen molar-refractivity contribution in [2.75, 3.05) is 0 Å². The van der Waals surface area contributed by atoms with Crippen LogP contribution >= 0.6 is 15.9 Å². The first-order valence-electron chi connectivity index (χ1n) is 8.45. The molecule has 0 unspecified atom stereocenters. The van der Waals surface area contributed by atoms with Gasteiger partial charge in [0, 0.05) is 4.83 Å². The summed E-state index contributed by atoms with van der Waals surface area (Å²) in [5.74, 6) is 0. The van der Waals surface area contributed by atoms with E-state index in [4.69, 9.17) is 0 Å². The second-order valence-corrected chi connectivity index (χ2v) is 7.01. The Morgan fingerprint density at radius 3 is 1.28 bits per heavy atom. The Morgan fingerprint density at radius 1 is 0.556 bits per heavy atom. The molecule has 0 heterocycles. The molecule has 1 heteroatoms. The maximum Gasteiger partial charge on any atom is 0.0145 e. The molecule has 0 N–H and O–H groups in total. The molecule has 0 spiro atoms. The fraction of sp³-hybridized carbons (Fsp3) is 1.00. The van der Waals surface area contributed by atoms with Gasteiger partial charge in [-0.25, -0.2) is 0 Å². The minimum Gasteiger partial charge on any atom is -0.0891 e. The maximum atomic E-state index is 3.84. The minimum absolute atomic E-state index is 0.787. The highest BCUT2D eigenvalue weighted by Gasteiger charge is 2.03. The van der Waals surface area contributed by atoms with Crippen molar-refractivity contribution < 1.29 is 0 Å². The largest absolute Gasteiger partial charge is 0.0891 e. The van der Waals surface area contributed by atoms with Gasteiger partial charge >= 0.3 is 0 Å². The normalized spacial score (nSPS) is 11.3. The first kappa shape index (κ1) is 18.5. The van der Waals surface area contributed by atoms with Crippen LogP contribution in [-0.4, -0.2) is 4.83 Å². The zero-order valence-corrected chi connectivity index (χ0v) is 14.4. The Bertz CT molecular complexity index is 129. The van der Waals surface area contributed by atoms with Crippen molar-refractivity contribution >= 4 is 15.9 Å². The summed E-state index contributed by atoms with van der Waals surface area (Å²) in [6, 6.07) is 0. The molecule has 0 saturated heterocycles. The smallest absolute Gasteiger partial charge is 0.0145 e. The summed E-state index contributed by atoms with van der Waals surface area (Å²) in [7, 11) is 0. The number of halogens is 1. The zero-order valence-electron chi connectivity index (χ0n) is 12.9. The highest BCUT2D eigenvalue weighted by atomic mass is 79.9. The predicted molar refractivity (Wildman–Crippen MR) is 88.7 cm³/mol. The molecular formula is C17H35Br. The Morgan fingerprint density at radius 2 is 0.889 bits per heavy atom. The van der Waals surface area contributed by atoms with E-state index in [9.17, 15) is 0 Å². The first-order chi connectivity index (χ1) is 8.81. The number of unbranched alkanes of at least 4 members (excludes halogenated alkanes) is 10. The van der Waals surface area contributed by atoms with Crippen LogP contribution in [0.1, 0.15) is 104 Å². The molecule has 0 amide bonds. The van der Waals surface area contributed by atoms with E-state index < -0.39 is 0 Å². The lowest BCUT2D eigenvalue weighted by Crippen LogP contribution is -1.97. The lowest BCUT2D eigenvalue weighted by atomic mass is 10.0. The molecule has 0 aromatic carbocycles. The second kappa shape index (κ2) is 15.5. The van der Waals surface area contributed by atoms with Crippen LogP contribution in [-0.2, 0) is 0 Å². The minimum atomic E-state index is 0.787. The third-order valence-corrected chi connectivity index (χ3v) is 4.66. The number of hydrogen-bond acceptors (Lipinski definition) is 0. The molecule has 0 atom stereocenters. The van der Waals surface area contributed by atoms with E-state index in [1.54, 1.807) is 0 Å². The summed E-state index contributed by atoms with van der Waals surface area (Å²) in [5, 5.41) is 0. The molecule has 0 rings (SSSR count). The van der Waals surface area contributed by atoms with E-state index in [-0.39, 0.29) is 0 Å². The SMILES string of the molecule is CCCCCCCCC(Br)CCCCCCCC. The van der Waals surface area contributed by atoms with E-state index >= 15 is 0 Å². The first-order valence-corrected chi connectivity index (χ1v) is 9.36. The van der Waals surface area contributed by atoms with Crippen LogP contribution in [0.5, 0.6) is 0 Å². The number of hydrogen-bond donors (Lipinski definition) is 0. The van der Waals surface area contributed by atoms with Gasteiger partial charge in [-0.15, -0.1) is 0 Å². The molecule has 0 aliphatic carbocycles. The topological polar surface area (TPSA) is 0 Å². The van der Waals surface area contributed by atoms with Gasteiger partial charge in [0.1, 0.15) is 0 Å². The fourth-order valence-corrected chi connectivity index (χ4v) is 3.08. The predicted octanol–water partition coefficient (Wildman–Crippen LogP) is 7.25. The Hall–Kier alpha value is 0.480. The van der Waals surface area contributed by atoms with Crippen molar-refractivity contribution in [3.05, 3.63) is 0 Å². The molecule has 110 valence electrons. The molecule has 0 nitrogen and oxygen atoms in total. The second-order valence-electron chi connectivity index (χ2n) is 5.71. The molecule has 0 saturated carbocycles. The van der Waals surface area contributed by atoms with Crippen molar-refractivity contribution in [1.29, 1.82) is 0 Å².